The van der Waals surface area contributed by atoms with Crippen molar-refractivity contribution in [1.29, 1.82) is 0 Å². The molecule has 1 aromatic rings. The average Bonchev–Trinajstić information content (AvgIpc) is 3.06. The molecule has 0 saturated carbocycles. The number of furan rings is 1. The molecule has 0 bridgehead atoms. The highest BCUT2D eigenvalue weighted by Crippen LogP contribution is 2.36. The fourth-order valence-electron chi connectivity index (χ4n) is 3.18. The van der Waals surface area contributed by atoms with Gasteiger partial charge in [-0.15, -0.1) is 0 Å². The van der Waals surface area contributed by atoms with Gasteiger partial charge in [0.2, 0.25) is 0 Å². The monoisotopic (exact) mass is 250 g/mol. The third kappa shape index (κ3) is 2.47. The fourth-order valence-corrected chi connectivity index (χ4v) is 3.18. The van der Waals surface area contributed by atoms with Gasteiger partial charge in [0.25, 0.3) is 0 Å². The molecule has 0 radical (unpaired) electrons. The number of rotatable bonds is 6. The van der Waals surface area contributed by atoms with E-state index in [1.807, 2.05) is 6.26 Å². The van der Waals surface area contributed by atoms with Gasteiger partial charge in [0.1, 0.15) is 0 Å². The standard InChI is InChI=1S/C15H26N2O/c1-4-15(3,17-9-6-7-10-17)14(16-5-2)13-8-11-18-12-13/h8,11-12,14,16H,4-7,9-10H2,1-3H3. The van der Waals surface area contributed by atoms with Gasteiger partial charge in [-0.05, 0) is 51.9 Å². The lowest BCUT2D eigenvalue weighted by Crippen LogP contribution is -2.53. The summed E-state index contributed by atoms with van der Waals surface area (Å²) in [6.07, 6.45) is 7.48. The summed E-state index contributed by atoms with van der Waals surface area (Å²) in [5, 5.41) is 3.65. The predicted octanol–water partition coefficient (Wildman–Crippen LogP) is 3.19. The molecule has 1 N–H and O–H groups in total. The van der Waals surface area contributed by atoms with E-state index in [0.717, 1.165) is 13.0 Å². The zero-order chi connectivity index (χ0) is 13.0. The molecule has 1 aliphatic rings. The molecule has 0 spiro atoms. The summed E-state index contributed by atoms with van der Waals surface area (Å²) in [5.41, 5.74) is 1.45. The highest BCUT2D eigenvalue weighted by atomic mass is 16.3. The first-order chi connectivity index (χ1) is 8.72. The van der Waals surface area contributed by atoms with Gasteiger partial charge in [0.15, 0.2) is 0 Å². The average molecular weight is 250 g/mol. The van der Waals surface area contributed by atoms with Crippen LogP contribution < -0.4 is 5.32 Å². The molecular weight excluding hydrogens is 224 g/mol. The predicted molar refractivity (Wildman–Crippen MR) is 74.6 cm³/mol. The topological polar surface area (TPSA) is 28.4 Å². The Bertz CT molecular complexity index is 343. The highest BCUT2D eigenvalue weighted by Gasteiger charge is 2.40. The van der Waals surface area contributed by atoms with E-state index < -0.39 is 0 Å². The van der Waals surface area contributed by atoms with Crippen LogP contribution in [0.15, 0.2) is 23.0 Å². The van der Waals surface area contributed by atoms with Gasteiger partial charge in [0.05, 0.1) is 18.6 Å². The molecular formula is C15H26N2O. The van der Waals surface area contributed by atoms with Crippen LogP contribution in [0, 0.1) is 0 Å². The summed E-state index contributed by atoms with van der Waals surface area (Å²) in [6.45, 7) is 10.3. The molecule has 18 heavy (non-hydrogen) atoms. The molecule has 1 aromatic heterocycles. The summed E-state index contributed by atoms with van der Waals surface area (Å²) < 4.78 is 5.29. The molecule has 3 heteroatoms. The SMILES string of the molecule is CCNC(c1ccoc1)C(C)(CC)N1CCCC1. The van der Waals surface area contributed by atoms with Crippen molar-refractivity contribution < 1.29 is 4.42 Å². The molecule has 1 fully saturated rings. The van der Waals surface area contributed by atoms with Crippen LogP contribution in [0.25, 0.3) is 0 Å². The number of nitrogens with zero attached hydrogens (tertiary/aromatic N) is 1. The number of nitrogens with one attached hydrogen (secondary N) is 1. The first kappa shape index (κ1) is 13.6. The number of likely N-dealkylation sites (N-methyl/N-ethyl adjacent to an activating group) is 1. The van der Waals surface area contributed by atoms with Crippen LogP contribution in [0.4, 0.5) is 0 Å². The molecule has 2 heterocycles. The van der Waals surface area contributed by atoms with Crippen molar-refractivity contribution in [3.8, 4) is 0 Å². The van der Waals surface area contributed by atoms with E-state index in [4.69, 9.17) is 4.42 Å². The Morgan fingerprint density at radius 2 is 2.11 bits per heavy atom. The van der Waals surface area contributed by atoms with Crippen LogP contribution in [0.1, 0.15) is 51.6 Å². The molecule has 1 aliphatic heterocycles. The van der Waals surface area contributed by atoms with Crippen molar-refractivity contribution >= 4 is 0 Å². The second kappa shape index (κ2) is 5.89. The first-order valence-electron chi connectivity index (χ1n) is 7.23. The minimum atomic E-state index is 0.177. The summed E-state index contributed by atoms with van der Waals surface area (Å²) in [4.78, 5) is 2.65. The summed E-state index contributed by atoms with van der Waals surface area (Å²) in [5.74, 6) is 0. The molecule has 102 valence electrons. The van der Waals surface area contributed by atoms with E-state index in [1.165, 1.54) is 31.5 Å². The van der Waals surface area contributed by atoms with E-state index in [2.05, 4.69) is 37.1 Å². The Hall–Kier alpha value is -0.800. The minimum Gasteiger partial charge on any atom is -0.472 e. The molecule has 1 saturated heterocycles. The van der Waals surface area contributed by atoms with Gasteiger partial charge in [-0.1, -0.05) is 13.8 Å². The van der Waals surface area contributed by atoms with Crippen LogP contribution >= 0.6 is 0 Å². The number of hydrogen-bond donors (Lipinski definition) is 1. The van der Waals surface area contributed by atoms with Gasteiger partial charge >= 0.3 is 0 Å². The van der Waals surface area contributed by atoms with Crippen molar-refractivity contribution in [3.05, 3.63) is 24.2 Å². The van der Waals surface area contributed by atoms with Crippen molar-refractivity contribution in [2.45, 2.75) is 51.6 Å². The zero-order valence-corrected chi connectivity index (χ0v) is 11.9. The maximum atomic E-state index is 5.29. The highest BCUT2D eigenvalue weighted by molar-refractivity contribution is 5.18. The normalized spacial score (nSPS) is 21.9. The Labute approximate surface area is 111 Å². The van der Waals surface area contributed by atoms with Gasteiger partial charge < -0.3 is 9.73 Å². The Morgan fingerprint density at radius 3 is 2.61 bits per heavy atom. The molecule has 2 rings (SSSR count). The molecule has 2 atom stereocenters. The van der Waals surface area contributed by atoms with Crippen LogP contribution in [-0.4, -0.2) is 30.1 Å². The van der Waals surface area contributed by atoms with Crippen LogP contribution in [0.5, 0.6) is 0 Å². The van der Waals surface area contributed by atoms with E-state index in [1.54, 1.807) is 6.26 Å². The van der Waals surface area contributed by atoms with E-state index >= 15 is 0 Å². The van der Waals surface area contributed by atoms with E-state index in [0.29, 0.717) is 6.04 Å². The van der Waals surface area contributed by atoms with Crippen LogP contribution in [0.3, 0.4) is 0 Å². The zero-order valence-electron chi connectivity index (χ0n) is 11.9. The third-order valence-electron chi connectivity index (χ3n) is 4.45. The molecule has 0 amide bonds. The molecule has 0 aliphatic carbocycles. The summed E-state index contributed by atoms with van der Waals surface area (Å²) >= 11 is 0. The van der Waals surface area contributed by atoms with Crippen LogP contribution in [0.2, 0.25) is 0 Å². The smallest absolute Gasteiger partial charge is 0.0951 e. The summed E-state index contributed by atoms with van der Waals surface area (Å²) in [7, 11) is 0. The molecule has 3 nitrogen and oxygen atoms in total. The van der Waals surface area contributed by atoms with E-state index in [-0.39, 0.29) is 5.54 Å². The van der Waals surface area contributed by atoms with Crippen molar-refractivity contribution in [2.24, 2.45) is 0 Å². The molecule has 0 aromatic carbocycles. The number of likely N-dealkylation sites (tertiary alicyclic amines) is 1. The van der Waals surface area contributed by atoms with Crippen molar-refractivity contribution in [3.63, 3.8) is 0 Å². The van der Waals surface area contributed by atoms with Gasteiger partial charge in [0, 0.05) is 11.1 Å². The maximum absolute atomic E-state index is 5.29. The largest absolute Gasteiger partial charge is 0.472 e. The van der Waals surface area contributed by atoms with Gasteiger partial charge in [-0.25, -0.2) is 0 Å². The second-order valence-electron chi connectivity index (χ2n) is 5.45. The van der Waals surface area contributed by atoms with E-state index in [9.17, 15) is 0 Å². The Morgan fingerprint density at radius 1 is 1.39 bits per heavy atom. The Kier molecular flexibility index (Phi) is 4.46. The first-order valence-corrected chi connectivity index (χ1v) is 7.23. The quantitative estimate of drug-likeness (QED) is 0.840. The van der Waals surface area contributed by atoms with Gasteiger partial charge in [-0.2, -0.15) is 0 Å². The lowest BCUT2D eigenvalue weighted by molar-refractivity contribution is 0.0844. The van der Waals surface area contributed by atoms with Crippen LogP contribution in [-0.2, 0) is 0 Å². The second-order valence-corrected chi connectivity index (χ2v) is 5.45. The maximum Gasteiger partial charge on any atom is 0.0951 e. The summed E-state index contributed by atoms with van der Waals surface area (Å²) in [6, 6.07) is 2.45. The van der Waals surface area contributed by atoms with Gasteiger partial charge in [-0.3, -0.25) is 4.90 Å². The van der Waals surface area contributed by atoms with Crippen molar-refractivity contribution in [2.75, 3.05) is 19.6 Å². The lowest BCUT2D eigenvalue weighted by atomic mass is 9.84. The third-order valence-corrected chi connectivity index (χ3v) is 4.45. The Balaban J connectivity index is 2.25. The molecule has 2 unspecified atom stereocenters. The minimum absolute atomic E-state index is 0.177. The fraction of sp³-hybridized carbons (Fsp3) is 0.733. The number of hydrogen-bond acceptors (Lipinski definition) is 3. The lowest BCUT2D eigenvalue weighted by Gasteiger charge is -2.44. The van der Waals surface area contributed by atoms with Crippen molar-refractivity contribution in [1.82, 2.24) is 10.2 Å².